The molecule has 0 saturated heterocycles. The Labute approximate surface area is 146 Å². The van der Waals surface area contributed by atoms with Gasteiger partial charge in [0.05, 0.1) is 5.56 Å². The van der Waals surface area contributed by atoms with E-state index in [0.29, 0.717) is 12.8 Å². The van der Waals surface area contributed by atoms with Crippen LogP contribution in [0.4, 0.5) is 4.39 Å². The van der Waals surface area contributed by atoms with E-state index in [2.05, 4.69) is 5.32 Å². The summed E-state index contributed by atoms with van der Waals surface area (Å²) in [6.07, 6.45) is 1.16. The largest absolute Gasteiger partial charge is 0.480 e. The number of amides is 1. The zero-order valence-corrected chi connectivity index (χ0v) is 14.3. The van der Waals surface area contributed by atoms with Crippen LogP contribution in [0.25, 0.3) is 0 Å². The van der Waals surface area contributed by atoms with E-state index in [1.807, 2.05) is 37.3 Å². The van der Waals surface area contributed by atoms with Gasteiger partial charge < -0.3 is 10.4 Å². The number of hydrogen-bond acceptors (Lipinski definition) is 2. The lowest BCUT2D eigenvalue weighted by Gasteiger charge is -2.20. The van der Waals surface area contributed by atoms with Crippen molar-refractivity contribution in [1.82, 2.24) is 5.32 Å². The van der Waals surface area contributed by atoms with Crippen LogP contribution in [-0.2, 0) is 11.2 Å². The van der Waals surface area contributed by atoms with Gasteiger partial charge in [-0.3, -0.25) is 4.79 Å². The minimum Gasteiger partial charge on any atom is -0.480 e. The van der Waals surface area contributed by atoms with Gasteiger partial charge >= 0.3 is 5.97 Å². The maximum absolute atomic E-state index is 14.1. The Kier molecular flexibility index (Phi) is 6.28. The number of carboxylic acids is 1. The zero-order valence-electron chi connectivity index (χ0n) is 14.3. The fourth-order valence-corrected chi connectivity index (χ4v) is 2.59. The third-order valence-corrected chi connectivity index (χ3v) is 4.29. The molecule has 0 bridgehead atoms. The van der Waals surface area contributed by atoms with Crippen LogP contribution in [0, 0.1) is 11.7 Å². The van der Waals surface area contributed by atoms with E-state index in [1.165, 1.54) is 12.1 Å². The quantitative estimate of drug-likeness (QED) is 0.806. The minimum atomic E-state index is -1.12. The van der Waals surface area contributed by atoms with Crippen LogP contribution in [0.2, 0.25) is 0 Å². The van der Waals surface area contributed by atoms with Crippen molar-refractivity contribution in [2.75, 3.05) is 0 Å². The van der Waals surface area contributed by atoms with Crippen molar-refractivity contribution in [3.8, 4) is 0 Å². The van der Waals surface area contributed by atoms with Crippen molar-refractivity contribution in [2.45, 2.75) is 32.7 Å². The van der Waals surface area contributed by atoms with E-state index in [-0.39, 0.29) is 11.5 Å². The normalized spacial score (nSPS) is 13.1. The molecule has 25 heavy (non-hydrogen) atoms. The fourth-order valence-electron chi connectivity index (χ4n) is 2.59. The third-order valence-electron chi connectivity index (χ3n) is 4.29. The molecule has 2 unspecified atom stereocenters. The van der Waals surface area contributed by atoms with Crippen LogP contribution in [0.15, 0.2) is 48.5 Å². The van der Waals surface area contributed by atoms with Crippen molar-refractivity contribution in [3.63, 3.8) is 0 Å². The molecular formula is C20H22FNO3. The molecule has 2 atom stereocenters. The summed E-state index contributed by atoms with van der Waals surface area (Å²) >= 11 is 0. The first-order valence-electron chi connectivity index (χ1n) is 8.28. The summed E-state index contributed by atoms with van der Waals surface area (Å²) in [7, 11) is 0. The first-order chi connectivity index (χ1) is 11.9. The molecule has 0 fully saturated rings. The van der Waals surface area contributed by atoms with Gasteiger partial charge in [0.25, 0.3) is 5.91 Å². The number of hydrogen-bond donors (Lipinski definition) is 2. The molecule has 2 aromatic carbocycles. The molecule has 0 aliphatic rings. The highest BCUT2D eigenvalue weighted by Gasteiger charge is 2.26. The van der Waals surface area contributed by atoms with Crippen LogP contribution in [0.1, 0.15) is 41.8 Å². The summed E-state index contributed by atoms with van der Waals surface area (Å²) in [6.45, 7) is 3.58. The average molecular weight is 343 g/mol. The lowest BCUT2D eigenvalue weighted by Crippen LogP contribution is -2.45. The Morgan fingerprint density at radius 1 is 1.12 bits per heavy atom. The van der Waals surface area contributed by atoms with Crippen molar-refractivity contribution in [2.24, 2.45) is 5.92 Å². The summed E-state index contributed by atoms with van der Waals surface area (Å²) < 4.78 is 14.1. The van der Waals surface area contributed by atoms with E-state index >= 15 is 0 Å². The molecule has 0 aliphatic carbocycles. The predicted octanol–water partition coefficient (Wildman–Crippen LogP) is 3.65. The second-order valence-corrected chi connectivity index (χ2v) is 6.15. The highest BCUT2D eigenvalue weighted by Crippen LogP contribution is 2.16. The standard InChI is InChI=1S/C20H22FNO3/c1-3-13(2)18(20(24)25)22-19(23)16-12-15(9-10-17(16)21)11-14-7-5-4-6-8-14/h4-10,12-13,18H,3,11H2,1-2H3,(H,22,23)(H,24,25). The lowest BCUT2D eigenvalue weighted by molar-refractivity contribution is -0.140. The van der Waals surface area contributed by atoms with E-state index in [0.717, 1.165) is 11.1 Å². The minimum absolute atomic E-state index is 0.136. The summed E-state index contributed by atoms with van der Waals surface area (Å²) in [5.74, 6) is -2.75. The number of nitrogens with one attached hydrogen (secondary N) is 1. The molecule has 2 N–H and O–H groups in total. The van der Waals surface area contributed by atoms with Gasteiger partial charge in [0, 0.05) is 0 Å². The van der Waals surface area contributed by atoms with Crippen molar-refractivity contribution >= 4 is 11.9 Å². The topological polar surface area (TPSA) is 66.4 Å². The second-order valence-electron chi connectivity index (χ2n) is 6.15. The molecular weight excluding hydrogens is 321 g/mol. The molecule has 0 saturated carbocycles. The smallest absolute Gasteiger partial charge is 0.326 e. The molecule has 0 radical (unpaired) electrons. The Bertz CT molecular complexity index is 746. The van der Waals surface area contributed by atoms with Gasteiger partial charge in [-0.15, -0.1) is 0 Å². The highest BCUT2D eigenvalue weighted by atomic mass is 19.1. The van der Waals surface area contributed by atoms with Crippen LogP contribution < -0.4 is 5.32 Å². The van der Waals surface area contributed by atoms with Crippen LogP contribution in [0.5, 0.6) is 0 Å². The Hall–Kier alpha value is -2.69. The fraction of sp³-hybridized carbons (Fsp3) is 0.300. The molecule has 1 amide bonds. The van der Waals surface area contributed by atoms with Gasteiger partial charge in [0.2, 0.25) is 0 Å². The molecule has 2 aromatic rings. The van der Waals surface area contributed by atoms with Crippen molar-refractivity contribution in [3.05, 3.63) is 71.0 Å². The maximum Gasteiger partial charge on any atom is 0.326 e. The van der Waals surface area contributed by atoms with E-state index in [9.17, 15) is 19.1 Å². The number of carbonyl (C=O) groups is 2. The van der Waals surface area contributed by atoms with Gasteiger partial charge in [0.15, 0.2) is 0 Å². The van der Waals surface area contributed by atoms with Crippen LogP contribution >= 0.6 is 0 Å². The third kappa shape index (κ3) is 4.89. The zero-order chi connectivity index (χ0) is 18.4. The number of carboxylic acid groups (broad SMARTS) is 1. The van der Waals surface area contributed by atoms with Crippen LogP contribution in [-0.4, -0.2) is 23.0 Å². The summed E-state index contributed by atoms with van der Waals surface area (Å²) in [5, 5.41) is 11.7. The molecule has 2 rings (SSSR count). The molecule has 5 heteroatoms. The number of aliphatic carboxylic acids is 1. The van der Waals surface area contributed by atoms with E-state index < -0.39 is 23.7 Å². The first kappa shape index (κ1) is 18.6. The molecule has 0 heterocycles. The van der Waals surface area contributed by atoms with E-state index in [4.69, 9.17) is 0 Å². The summed E-state index contributed by atoms with van der Waals surface area (Å²) in [4.78, 5) is 23.7. The Morgan fingerprint density at radius 2 is 1.80 bits per heavy atom. The summed E-state index contributed by atoms with van der Waals surface area (Å²) in [6, 6.07) is 12.9. The van der Waals surface area contributed by atoms with Crippen molar-refractivity contribution < 1.29 is 19.1 Å². The Balaban J connectivity index is 2.21. The highest BCUT2D eigenvalue weighted by molar-refractivity contribution is 5.97. The average Bonchev–Trinajstić information content (AvgIpc) is 2.61. The maximum atomic E-state index is 14.1. The Morgan fingerprint density at radius 3 is 2.40 bits per heavy atom. The van der Waals surface area contributed by atoms with E-state index in [1.54, 1.807) is 13.0 Å². The van der Waals surface area contributed by atoms with Crippen molar-refractivity contribution in [1.29, 1.82) is 0 Å². The number of rotatable bonds is 7. The number of carbonyl (C=O) groups excluding carboxylic acids is 1. The molecule has 132 valence electrons. The van der Waals surface area contributed by atoms with Gasteiger partial charge in [-0.05, 0) is 35.6 Å². The van der Waals surface area contributed by atoms with Gasteiger partial charge in [-0.2, -0.15) is 0 Å². The lowest BCUT2D eigenvalue weighted by atomic mass is 9.98. The first-order valence-corrected chi connectivity index (χ1v) is 8.28. The van der Waals surface area contributed by atoms with Gasteiger partial charge in [-0.25, -0.2) is 9.18 Å². The summed E-state index contributed by atoms with van der Waals surface area (Å²) in [5.41, 5.74) is 1.69. The molecule has 0 aliphatic heterocycles. The predicted molar refractivity (Wildman–Crippen MR) is 94.0 cm³/mol. The van der Waals surface area contributed by atoms with Gasteiger partial charge in [-0.1, -0.05) is 56.7 Å². The molecule has 0 aromatic heterocycles. The monoisotopic (exact) mass is 343 g/mol. The SMILES string of the molecule is CCC(C)C(NC(=O)c1cc(Cc2ccccc2)ccc1F)C(=O)O. The second kappa shape index (κ2) is 8.42. The van der Waals surface area contributed by atoms with Gasteiger partial charge in [0.1, 0.15) is 11.9 Å². The number of benzene rings is 2. The molecule has 0 spiro atoms. The molecule has 4 nitrogen and oxygen atoms in total. The number of halogens is 1. The van der Waals surface area contributed by atoms with Crippen LogP contribution in [0.3, 0.4) is 0 Å².